The Kier molecular flexibility index (Phi) is 5.48. The average Bonchev–Trinajstić information content (AvgIpc) is 2.45. The van der Waals surface area contributed by atoms with Crippen LogP contribution in [0.1, 0.15) is 15.9 Å². The van der Waals surface area contributed by atoms with Crippen molar-refractivity contribution in [3.8, 4) is 0 Å². The lowest BCUT2D eigenvalue weighted by molar-refractivity contribution is 0.0955. The van der Waals surface area contributed by atoms with Crippen molar-refractivity contribution in [3.05, 3.63) is 67.6 Å². The lowest BCUT2D eigenvalue weighted by Gasteiger charge is -2.03. The standard InChI is InChI=1S/C14H8Cl4N2O/c15-10-2-1-3-11(16)9(10)7-19-20-14(21)8-4-5-12(17)13(18)6-8/h1-7H,(H,20,21)/b19-7+. The molecule has 1 N–H and O–H groups in total. The fourth-order valence-electron chi connectivity index (χ4n) is 1.49. The van der Waals surface area contributed by atoms with Crippen LogP contribution in [0, 0.1) is 0 Å². The number of hydrazone groups is 1. The molecule has 108 valence electrons. The minimum Gasteiger partial charge on any atom is -0.267 e. The van der Waals surface area contributed by atoms with Gasteiger partial charge in [0.05, 0.1) is 26.3 Å². The molecule has 2 aromatic rings. The number of amides is 1. The van der Waals surface area contributed by atoms with Gasteiger partial charge in [-0.25, -0.2) is 5.43 Å². The highest BCUT2D eigenvalue weighted by molar-refractivity contribution is 6.42. The van der Waals surface area contributed by atoms with Crippen molar-refractivity contribution >= 4 is 58.5 Å². The molecule has 0 saturated heterocycles. The minimum atomic E-state index is -0.423. The first-order chi connectivity index (χ1) is 9.99. The first kappa shape index (κ1) is 16.1. The van der Waals surface area contributed by atoms with E-state index in [0.29, 0.717) is 31.2 Å². The van der Waals surface area contributed by atoms with E-state index in [1.807, 2.05) is 0 Å². The maximum Gasteiger partial charge on any atom is 0.271 e. The Morgan fingerprint density at radius 3 is 2.24 bits per heavy atom. The van der Waals surface area contributed by atoms with Gasteiger partial charge in [-0.05, 0) is 30.3 Å². The molecule has 0 bridgehead atoms. The largest absolute Gasteiger partial charge is 0.271 e. The van der Waals surface area contributed by atoms with Gasteiger partial charge in [0.15, 0.2) is 0 Å². The molecule has 0 unspecified atom stereocenters. The van der Waals surface area contributed by atoms with Crippen molar-refractivity contribution in [1.82, 2.24) is 5.43 Å². The van der Waals surface area contributed by atoms with Gasteiger partial charge in [0.25, 0.3) is 5.91 Å². The van der Waals surface area contributed by atoms with Gasteiger partial charge in [-0.3, -0.25) is 4.79 Å². The zero-order chi connectivity index (χ0) is 15.4. The van der Waals surface area contributed by atoms with Gasteiger partial charge in [0.2, 0.25) is 0 Å². The molecule has 0 aromatic heterocycles. The summed E-state index contributed by atoms with van der Waals surface area (Å²) < 4.78 is 0. The van der Waals surface area contributed by atoms with E-state index in [2.05, 4.69) is 10.5 Å². The van der Waals surface area contributed by atoms with E-state index in [-0.39, 0.29) is 0 Å². The van der Waals surface area contributed by atoms with Crippen LogP contribution in [-0.4, -0.2) is 12.1 Å². The van der Waals surface area contributed by atoms with Crippen LogP contribution in [0.4, 0.5) is 0 Å². The highest BCUT2D eigenvalue weighted by Crippen LogP contribution is 2.23. The van der Waals surface area contributed by atoms with Gasteiger partial charge in [0.1, 0.15) is 0 Å². The van der Waals surface area contributed by atoms with E-state index in [9.17, 15) is 4.79 Å². The molecule has 2 aromatic carbocycles. The molecule has 0 heterocycles. The van der Waals surface area contributed by atoms with Crippen LogP contribution in [0.2, 0.25) is 20.1 Å². The van der Waals surface area contributed by atoms with Gasteiger partial charge in [-0.1, -0.05) is 52.5 Å². The number of hydrogen-bond acceptors (Lipinski definition) is 2. The van der Waals surface area contributed by atoms with Crippen molar-refractivity contribution in [2.75, 3.05) is 0 Å². The molecule has 21 heavy (non-hydrogen) atoms. The fourth-order valence-corrected chi connectivity index (χ4v) is 2.28. The second-order valence-electron chi connectivity index (χ2n) is 3.96. The third kappa shape index (κ3) is 4.11. The lowest BCUT2D eigenvalue weighted by Crippen LogP contribution is -2.17. The molecule has 0 fully saturated rings. The molecule has 0 aliphatic heterocycles. The molecule has 0 saturated carbocycles. The average molecular weight is 362 g/mol. The second-order valence-corrected chi connectivity index (χ2v) is 5.59. The predicted molar refractivity (Wildman–Crippen MR) is 88.0 cm³/mol. The molecular weight excluding hydrogens is 354 g/mol. The number of hydrogen-bond donors (Lipinski definition) is 1. The van der Waals surface area contributed by atoms with Crippen LogP contribution in [0.25, 0.3) is 0 Å². The van der Waals surface area contributed by atoms with Crippen molar-refractivity contribution in [2.45, 2.75) is 0 Å². The SMILES string of the molecule is O=C(N/N=C/c1c(Cl)cccc1Cl)c1ccc(Cl)c(Cl)c1. The van der Waals surface area contributed by atoms with E-state index in [1.54, 1.807) is 24.3 Å². The summed E-state index contributed by atoms with van der Waals surface area (Å²) in [7, 11) is 0. The summed E-state index contributed by atoms with van der Waals surface area (Å²) in [5.74, 6) is -0.423. The van der Waals surface area contributed by atoms with E-state index in [4.69, 9.17) is 46.4 Å². The van der Waals surface area contributed by atoms with Gasteiger partial charge in [-0.2, -0.15) is 5.10 Å². The Balaban J connectivity index is 2.10. The third-order valence-corrected chi connectivity index (χ3v) is 3.94. The van der Waals surface area contributed by atoms with Crippen LogP contribution in [0.5, 0.6) is 0 Å². The fraction of sp³-hybridized carbons (Fsp3) is 0. The van der Waals surface area contributed by atoms with Crippen molar-refractivity contribution in [3.63, 3.8) is 0 Å². The number of carbonyl (C=O) groups is 1. The summed E-state index contributed by atoms with van der Waals surface area (Å²) >= 11 is 23.6. The number of rotatable bonds is 3. The van der Waals surface area contributed by atoms with Gasteiger partial charge in [-0.15, -0.1) is 0 Å². The molecule has 0 aliphatic rings. The van der Waals surface area contributed by atoms with Crippen molar-refractivity contribution in [2.24, 2.45) is 5.10 Å². The number of carbonyl (C=O) groups excluding carboxylic acids is 1. The van der Waals surface area contributed by atoms with E-state index in [1.165, 1.54) is 18.3 Å². The molecular formula is C14H8Cl4N2O. The molecule has 0 radical (unpaired) electrons. The summed E-state index contributed by atoms with van der Waals surface area (Å²) in [6.45, 7) is 0. The Morgan fingerprint density at radius 1 is 0.952 bits per heavy atom. The topological polar surface area (TPSA) is 41.5 Å². The predicted octanol–water partition coefficient (Wildman–Crippen LogP) is 5.06. The summed E-state index contributed by atoms with van der Waals surface area (Å²) in [5.41, 5.74) is 3.22. The van der Waals surface area contributed by atoms with Crippen LogP contribution in [0.15, 0.2) is 41.5 Å². The lowest BCUT2D eigenvalue weighted by atomic mass is 10.2. The zero-order valence-corrected chi connectivity index (χ0v) is 13.4. The Morgan fingerprint density at radius 2 is 1.62 bits per heavy atom. The smallest absolute Gasteiger partial charge is 0.267 e. The Labute approximate surface area is 141 Å². The first-order valence-corrected chi connectivity index (χ1v) is 7.22. The minimum absolute atomic E-state index is 0.294. The van der Waals surface area contributed by atoms with E-state index >= 15 is 0 Å². The Bertz CT molecular complexity index is 696. The molecule has 0 spiro atoms. The van der Waals surface area contributed by atoms with Gasteiger partial charge < -0.3 is 0 Å². The molecule has 7 heteroatoms. The zero-order valence-electron chi connectivity index (χ0n) is 10.4. The van der Waals surface area contributed by atoms with Crippen molar-refractivity contribution in [1.29, 1.82) is 0 Å². The first-order valence-electron chi connectivity index (χ1n) is 5.71. The van der Waals surface area contributed by atoms with Crippen LogP contribution in [-0.2, 0) is 0 Å². The molecule has 1 amide bonds. The number of benzene rings is 2. The number of nitrogens with one attached hydrogen (secondary N) is 1. The highest BCUT2D eigenvalue weighted by Gasteiger charge is 2.07. The monoisotopic (exact) mass is 360 g/mol. The normalized spacial score (nSPS) is 10.9. The summed E-state index contributed by atoms with van der Waals surface area (Å²) in [5, 5.41) is 5.37. The third-order valence-electron chi connectivity index (χ3n) is 2.54. The molecule has 3 nitrogen and oxygen atoms in total. The molecule has 0 aliphatic carbocycles. The molecule has 2 rings (SSSR count). The summed E-state index contributed by atoms with van der Waals surface area (Å²) in [6, 6.07) is 9.60. The number of halogens is 4. The van der Waals surface area contributed by atoms with Gasteiger partial charge >= 0.3 is 0 Å². The van der Waals surface area contributed by atoms with Crippen LogP contribution < -0.4 is 5.43 Å². The highest BCUT2D eigenvalue weighted by atomic mass is 35.5. The second kappa shape index (κ2) is 7.14. The maximum absolute atomic E-state index is 11.9. The molecule has 0 atom stereocenters. The van der Waals surface area contributed by atoms with E-state index in [0.717, 1.165) is 0 Å². The Hall–Kier alpha value is -1.26. The summed E-state index contributed by atoms with van der Waals surface area (Å²) in [4.78, 5) is 11.9. The quantitative estimate of drug-likeness (QED) is 0.602. The van der Waals surface area contributed by atoms with Crippen molar-refractivity contribution < 1.29 is 4.79 Å². The van der Waals surface area contributed by atoms with Crippen LogP contribution in [0.3, 0.4) is 0 Å². The maximum atomic E-state index is 11.9. The number of nitrogens with zero attached hydrogens (tertiary/aromatic N) is 1. The summed E-state index contributed by atoms with van der Waals surface area (Å²) in [6.07, 6.45) is 1.38. The van der Waals surface area contributed by atoms with E-state index < -0.39 is 5.91 Å². The van der Waals surface area contributed by atoms with Gasteiger partial charge in [0, 0.05) is 11.1 Å². The van der Waals surface area contributed by atoms with Crippen LogP contribution >= 0.6 is 46.4 Å².